The second-order valence-electron chi connectivity index (χ2n) is 6.04. The van der Waals surface area contributed by atoms with Crippen molar-refractivity contribution in [2.45, 2.75) is 38.3 Å². The molecule has 2 atom stereocenters. The van der Waals surface area contributed by atoms with Gasteiger partial charge in [0.1, 0.15) is 5.75 Å². The molecule has 0 saturated carbocycles. The molecule has 122 valence electrons. The number of nitrogens with one attached hydrogen (secondary N) is 2. The molecule has 2 unspecified atom stereocenters. The molecular weight excluding hydrogens is 286 g/mol. The Hall–Kier alpha value is -2.04. The maximum Gasteiger partial charge on any atom is 0.124 e. The van der Waals surface area contributed by atoms with E-state index in [4.69, 9.17) is 10.5 Å². The van der Waals surface area contributed by atoms with Crippen LogP contribution in [-0.4, -0.2) is 6.61 Å². The van der Waals surface area contributed by atoms with E-state index in [1.165, 1.54) is 11.1 Å². The van der Waals surface area contributed by atoms with Crippen LogP contribution in [0.3, 0.4) is 0 Å². The van der Waals surface area contributed by atoms with E-state index in [1.807, 2.05) is 24.3 Å². The average Bonchev–Trinajstić information content (AvgIpc) is 3.05. The molecule has 2 aromatic rings. The highest BCUT2D eigenvalue weighted by molar-refractivity contribution is 5.42. The molecule has 1 aliphatic heterocycles. The third-order valence-corrected chi connectivity index (χ3v) is 4.27. The fourth-order valence-electron chi connectivity index (χ4n) is 2.98. The lowest BCUT2D eigenvalue weighted by Crippen LogP contribution is -2.27. The number of rotatable bonds is 6. The third kappa shape index (κ3) is 3.84. The van der Waals surface area contributed by atoms with Gasteiger partial charge in [0.25, 0.3) is 0 Å². The zero-order valence-electron chi connectivity index (χ0n) is 13.6. The second kappa shape index (κ2) is 7.49. The lowest BCUT2D eigenvalue weighted by Gasteiger charge is -2.16. The quantitative estimate of drug-likeness (QED) is 0.562. The summed E-state index contributed by atoms with van der Waals surface area (Å²) in [4.78, 5) is 0. The highest BCUT2D eigenvalue weighted by Crippen LogP contribution is 2.35. The summed E-state index contributed by atoms with van der Waals surface area (Å²) in [6, 6.07) is 16.9. The monoisotopic (exact) mass is 311 g/mol. The molecular formula is C19H25N3O. The van der Waals surface area contributed by atoms with Crippen LogP contribution in [-0.2, 0) is 0 Å². The molecule has 3 rings (SSSR count). The van der Waals surface area contributed by atoms with Crippen molar-refractivity contribution in [2.24, 2.45) is 0 Å². The van der Waals surface area contributed by atoms with Gasteiger partial charge in [-0.3, -0.25) is 0 Å². The van der Waals surface area contributed by atoms with Crippen molar-refractivity contribution >= 4 is 5.69 Å². The number of unbranched alkanes of at least 4 members (excludes halogenated alkanes) is 1. The highest BCUT2D eigenvalue weighted by Gasteiger charge is 2.28. The number of ether oxygens (including phenoxy) is 1. The van der Waals surface area contributed by atoms with Gasteiger partial charge >= 0.3 is 0 Å². The molecule has 0 amide bonds. The van der Waals surface area contributed by atoms with E-state index in [0.29, 0.717) is 0 Å². The van der Waals surface area contributed by atoms with Gasteiger partial charge < -0.3 is 10.5 Å². The molecule has 2 aromatic carbocycles. The van der Waals surface area contributed by atoms with Crippen molar-refractivity contribution in [1.29, 1.82) is 0 Å². The van der Waals surface area contributed by atoms with E-state index >= 15 is 0 Å². The summed E-state index contributed by atoms with van der Waals surface area (Å²) in [5, 5.41) is 0. The number of hydrogen-bond donors (Lipinski definition) is 3. The van der Waals surface area contributed by atoms with Crippen LogP contribution in [0.1, 0.15) is 49.4 Å². The standard InChI is InChI=1S/C19H25N3O/c1-2-3-11-23-19-10-5-4-9-16(19)18-13-17(21-22-18)14-7-6-8-15(20)12-14/h4-10,12,17-18,21-22H,2-3,11,13,20H2,1H3. The van der Waals surface area contributed by atoms with Gasteiger partial charge in [-0.1, -0.05) is 43.7 Å². The molecule has 0 aliphatic carbocycles. The van der Waals surface area contributed by atoms with Gasteiger partial charge in [0.05, 0.1) is 12.6 Å². The van der Waals surface area contributed by atoms with E-state index in [0.717, 1.165) is 37.3 Å². The molecule has 23 heavy (non-hydrogen) atoms. The molecule has 0 spiro atoms. The summed E-state index contributed by atoms with van der Waals surface area (Å²) in [5.41, 5.74) is 15.9. The minimum absolute atomic E-state index is 0.235. The van der Waals surface area contributed by atoms with Gasteiger partial charge in [0.2, 0.25) is 0 Å². The zero-order valence-corrected chi connectivity index (χ0v) is 13.6. The van der Waals surface area contributed by atoms with Crippen LogP contribution in [0.4, 0.5) is 5.69 Å². The molecule has 0 aromatic heterocycles. The Balaban J connectivity index is 1.71. The molecule has 1 heterocycles. The van der Waals surface area contributed by atoms with Gasteiger partial charge in [0.15, 0.2) is 0 Å². The Morgan fingerprint density at radius 3 is 2.74 bits per heavy atom. The summed E-state index contributed by atoms with van der Waals surface area (Å²) in [6.45, 7) is 2.94. The predicted octanol–water partition coefficient (Wildman–Crippen LogP) is 3.73. The first-order valence-electron chi connectivity index (χ1n) is 8.36. The minimum atomic E-state index is 0.235. The van der Waals surface area contributed by atoms with Gasteiger partial charge in [-0.2, -0.15) is 0 Å². The van der Waals surface area contributed by atoms with E-state index < -0.39 is 0 Å². The second-order valence-corrected chi connectivity index (χ2v) is 6.04. The summed E-state index contributed by atoms with van der Waals surface area (Å²) >= 11 is 0. The lowest BCUT2D eigenvalue weighted by atomic mass is 9.97. The first-order valence-corrected chi connectivity index (χ1v) is 8.36. The molecule has 1 saturated heterocycles. The van der Waals surface area contributed by atoms with Crippen molar-refractivity contribution in [1.82, 2.24) is 10.9 Å². The molecule has 4 nitrogen and oxygen atoms in total. The van der Waals surface area contributed by atoms with E-state index in [2.05, 4.69) is 42.0 Å². The largest absolute Gasteiger partial charge is 0.493 e. The molecule has 0 radical (unpaired) electrons. The lowest BCUT2D eigenvalue weighted by molar-refractivity contribution is 0.303. The van der Waals surface area contributed by atoms with E-state index in [1.54, 1.807) is 0 Å². The summed E-state index contributed by atoms with van der Waals surface area (Å²) < 4.78 is 5.96. The van der Waals surface area contributed by atoms with Crippen LogP contribution in [0.15, 0.2) is 48.5 Å². The van der Waals surface area contributed by atoms with Gasteiger partial charge in [-0.05, 0) is 36.6 Å². The first-order chi connectivity index (χ1) is 11.3. The predicted molar refractivity (Wildman–Crippen MR) is 94.1 cm³/mol. The van der Waals surface area contributed by atoms with Crippen LogP contribution in [0, 0.1) is 0 Å². The minimum Gasteiger partial charge on any atom is -0.493 e. The highest BCUT2D eigenvalue weighted by atomic mass is 16.5. The number of benzene rings is 2. The fraction of sp³-hybridized carbons (Fsp3) is 0.368. The molecule has 1 aliphatic rings. The SMILES string of the molecule is CCCCOc1ccccc1C1CC(c2cccc(N)c2)NN1. The Bertz CT molecular complexity index is 644. The van der Waals surface area contributed by atoms with Gasteiger partial charge in [-0.25, -0.2) is 10.9 Å². The van der Waals surface area contributed by atoms with E-state index in [-0.39, 0.29) is 12.1 Å². The van der Waals surface area contributed by atoms with Gasteiger partial charge in [-0.15, -0.1) is 0 Å². The van der Waals surface area contributed by atoms with Crippen molar-refractivity contribution < 1.29 is 4.74 Å². The van der Waals surface area contributed by atoms with Crippen LogP contribution < -0.4 is 21.3 Å². The number of nitrogen functional groups attached to an aromatic ring is 1. The van der Waals surface area contributed by atoms with Crippen molar-refractivity contribution in [3.05, 3.63) is 59.7 Å². The average molecular weight is 311 g/mol. The van der Waals surface area contributed by atoms with Crippen molar-refractivity contribution in [3.63, 3.8) is 0 Å². The summed E-state index contributed by atoms with van der Waals surface area (Å²) in [5.74, 6) is 0.980. The smallest absolute Gasteiger partial charge is 0.124 e. The maximum atomic E-state index is 5.96. The fourth-order valence-corrected chi connectivity index (χ4v) is 2.98. The number of para-hydroxylation sites is 1. The van der Waals surface area contributed by atoms with Crippen molar-refractivity contribution in [3.8, 4) is 5.75 Å². The first kappa shape index (κ1) is 15.8. The number of anilines is 1. The summed E-state index contributed by atoms with van der Waals surface area (Å²) in [7, 11) is 0. The maximum absolute atomic E-state index is 5.96. The van der Waals surface area contributed by atoms with Crippen LogP contribution in [0.25, 0.3) is 0 Å². The Kier molecular flexibility index (Phi) is 5.16. The number of hydrogen-bond acceptors (Lipinski definition) is 4. The van der Waals surface area contributed by atoms with E-state index in [9.17, 15) is 0 Å². The molecule has 0 bridgehead atoms. The Labute approximate surface area is 138 Å². The Morgan fingerprint density at radius 1 is 1.09 bits per heavy atom. The normalized spacial score (nSPS) is 20.6. The Morgan fingerprint density at radius 2 is 1.91 bits per heavy atom. The van der Waals surface area contributed by atoms with Crippen LogP contribution in [0.5, 0.6) is 5.75 Å². The van der Waals surface area contributed by atoms with Crippen molar-refractivity contribution in [2.75, 3.05) is 12.3 Å². The molecule has 4 heteroatoms. The van der Waals surface area contributed by atoms with Crippen LogP contribution >= 0.6 is 0 Å². The number of hydrazine groups is 1. The topological polar surface area (TPSA) is 59.3 Å². The zero-order chi connectivity index (χ0) is 16.1. The number of nitrogens with two attached hydrogens (primary N) is 1. The van der Waals surface area contributed by atoms with Crippen LogP contribution in [0.2, 0.25) is 0 Å². The third-order valence-electron chi connectivity index (χ3n) is 4.27. The van der Waals surface area contributed by atoms with Gasteiger partial charge in [0, 0.05) is 17.3 Å². The molecule has 1 fully saturated rings. The molecule has 4 N–H and O–H groups in total. The summed E-state index contributed by atoms with van der Waals surface area (Å²) in [6.07, 6.45) is 3.19.